The number of furan rings is 1. The summed E-state index contributed by atoms with van der Waals surface area (Å²) in [7, 11) is 0. The van der Waals surface area contributed by atoms with Crippen LogP contribution in [-0.4, -0.2) is 32.9 Å². The fourth-order valence-corrected chi connectivity index (χ4v) is 2.93. The molecule has 1 amide bonds. The molecular weight excluding hydrogens is 302 g/mol. The summed E-state index contributed by atoms with van der Waals surface area (Å²) in [6.45, 7) is 3.46. The quantitative estimate of drug-likeness (QED) is 0.643. The van der Waals surface area contributed by atoms with E-state index in [0.29, 0.717) is 26.6 Å². The Morgan fingerprint density at radius 1 is 1.45 bits per heavy atom. The van der Waals surface area contributed by atoms with E-state index < -0.39 is 5.97 Å². The van der Waals surface area contributed by atoms with Crippen LogP contribution in [0, 0.1) is 13.8 Å². The molecule has 0 aliphatic heterocycles. The highest BCUT2D eigenvalue weighted by atomic mass is 32.2. The van der Waals surface area contributed by atoms with Crippen LogP contribution >= 0.6 is 23.1 Å². The Balaban J connectivity index is 2.01. The Morgan fingerprint density at radius 2 is 2.20 bits per heavy atom. The monoisotopic (exact) mass is 313 g/mol. The fraction of sp³-hybridized carbons (Fsp3) is 0.273. The molecule has 0 bridgehead atoms. The van der Waals surface area contributed by atoms with Gasteiger partial charge in [0.2, 0.25) is 5.13 Å². The van der Waals surface area contributed by atoms with Gasteiger partial charge in [0.15, 0.2) is 4.34 Å². The van der Waals surface area contributed by atoms with Crippen molar-refractivity contribution in [3.05, 3.63) is 23.2 Å². The first-order chi connectivity index (χ1) is 9.45. The number of thioether (sulfide) groups is 1. The molecule has 0 aliphatic carbocycles. The molecule has 9 heteroatoms. The van der Waals surface area contributed by atoms with Crippen LogP contribution in [0.4, 0.5) is 5.13 Å². The lowest BCUT2D eigenvalue weighted by Crippen LogP contribution is -2.11. The molecule has 20 heavy (non-hydrogen) atoms. The summed E-state index contributed by atoms with van der Waals surface area (Å²) in [5.74, 6) is -0.166. The standard InChI is InChI=1S/C11H11N3O4S2/c1-5-3-7(6(2)18-5)9(17)12-10-13-14-11(20-10)19-4-8(15)16/h3H,4H2,1-2H3,(H,15,16)(H,12,13,17). The molecule has 2 N–H and O–H groups in total. The number of aryl methyl sites for hydroxylation is 2. The molecule has 0 fully saturated rings. The predicted octanol–water partition coefficient (Wildman–Crippen LogP) is 2.18. The Labute approximate surface area is 122 Å². The van der Waals surface area contributed by atoms with Gasteiger partial charge >= 0.3 is 5.97 Å². The Bertz CT molecular complexity index is 650. The molecule has 2 heterocycles. The average molecular weight is 313 g/mol. The number of amides is 1. The van der Waals surface area contributed by atoms with Gasteiger partial charge < -0.3 is 9.52 Å². The molecule has 0 spiro atoms. The lowest BCUT2D eigenvalue weighted by molar-refractivity contribution is -0.133. The number of rotatable bonds is 5. The largest absolute Gasteiger partial charge is 0.481 e. The second kappa shape index (κ2) is 6.06. The molecule has 2 rings (SSSR count). The summed E-state index contributed by atoms with van der Waals surface area (Å²) in [6, 6.07) is 1.64. The number of carboxylic acids is 1. The molecule has 106 valence electrons. The van der Waals surface area contributed by atoms with Crippen molar-refractivity contribution in [3.8, 4) is 0 Å². The Morgan fingerprint density at radius 3 is 2.80 bits per heavy atom. The number of nitrogens with zero attached hydrogens (tertiary/aromatic N) is 2. The van der Waals surface area contributed by atoms with E-state index in [1.807, 2.05) is 0 Å². The first kappa shape index (κ1) is 14.5. The van der Waals surface area contributed by atoms with Crippen molar-refractivity contribution in [2.45, 2.75) is 18.2 Å². The van der Waals surface area contributed by atoms with Crippen LogP contribution in [0.2, 0.25) is 0 Å². The summed E-state index contributed by atoms with van der Waals surface area (Å²) >= 11 is 2.18. The molecule has 0 aliphatic rings. The summed E-state index contributed by atoms with van der Waals surface area (Å²) in [6.07, 6.45) is 0. The second-order valence-electron chi connectivity index (χ2n) is 3.84. The number of nitrogens with one attached hydrogen (secondary N) is 1. The molecule has 0 saturated carbocycles. The summed E-state index contributed by atoms with van der Waals surface area (Å²) in [4.78, 5) is 22.4. The van der Waals surface area contributed by atoms with Crippen molar-refractivity contribution in [3.63, 3.8) is 0 Å². The SMILES string of the molecule is Cc1cc(C(=O)Nc2nnc(SCC(=O)O)s2)c(C)o1. The van der Waals surface area contributed by atoms with E-state index >= 15 is 0 Å². The van der Waals surface area contributed by atoms with Gasteiger partial charge in [-0.1, -0.05) is 23.1 Å². The number of carboxylic acid groups (broad SMARTS) is 1. The molecule has 7 nitrogen and oxygen atoms in total. The van der Waals surface area contributed by atoms with Crippen molar-refractivity contribution in [1.82, 2.24) is 10.2 Å². The fourth-order valence-electron chi connectivity index (χ4n) is 1.46. The van der Waals surface area contributed by atoms with E-state index in [9.17, 15) is 9.59 Å². The van der Waals surface area contributed by atoms with Crippen molar-refractivity contribution in [2.75, 3.05) is 11.1 Å². The van der Waals surface area contributed by atoms with Crippen LogP contribution in [0.5, 0.6) is 0 Å². The van der Waals surface area contributed by atoms with Gasteiger partial charge in [-0.3, -0.25) is 14.9 Å². The van der Waals surface area contributed by atoms with Crippen LogP contribution in [0.1, 0.15) is 21.9 Å². The number of aliphatic carboxylic acids is 1. The normalized spacial score (nSPS) is 10.5. The van der Waals surface area contributed by atoms with Gasteiger partial charge in [-0.15, -0.1) is 10.2 Å². The number of aromatic nitrogens is 2. The van der Waals surface area contributed by atoms with Gasteiger partial charge in [0.05, 0.1) is 11.3 Å². The van der Waals surface area contributed by atoms with Crippen LogP contribution in [0.3, 0.4) is 0 Å². The third-order valence-corrected chi connectivity index (χ3v) is 4.19. The molecule has 0 radical (unpaired) electrons. The third kappa shape index (κ3) is 3.58. The van der Waals surface area contributed by atoms with Crippen molar-refractivity contribution >= 4 is 40.1 Å². The number of hydrogen-bond donors (Lipinski definition) is 2. The van der Waals surface area contributed by atoms with Gasteiger partial charge in [-0.25, -0.2) is 0 Å². The zero-order valence-electron chi connectivity index (χ0n) is 10.7. The third-order valence-electron chi connectivity index (χ3n) is 2.23. The molecule has 2 aromatic heterocycles. The van der Waals surface area contributed by atoms with Crippen molar-refractivity contribution in [2.24, 2.45) is 0 Å². The Kier molecular flexibility index (Phi) is 4.40. The molecule has 2 aromatic rings. The minimum absolute atomic E-state index is 0.0946. The maximum atomic E-state index is 12.0. The van der Waals surface area contributed by atoms with Crippen LogP contribution < -0.4 is 5.32 Å². The molecule has 0 unspecified atom stereocenters. The van der Waals surface area contributed by atoms with Gasteiger partial charge in [0, 0.05) is 0 Å². The summed E-state index contributed by atoms with van der Waals surface area (Å²) < 4.78 is 5.77. The minimum atomic E-state index is -0.930. The Hall–Kier alpha value is -1.87. The van der Waals surface area contributed by atoms with Gasteiger partial charge in [0.25, 0.3) is 5.91 Å². The summed E-state index contributed by atoms with van der Waals surface area (Å²) in [5, 5.41) is 19.1. The highest BCUT2D eigenvalue weighted by Crippen LogP contribution is 2.26. The maximum absolute atomic E-state index is 12.0. The predicted molar refractivity (Wildman–Crippen MR) is 74.4 cm³/mol. The highest BCUT2D eigenvalue weighted by Gasteiger charge is 2.16. The van der Waals surface area contributed by atoms with Crippen LogP contribution in [0.15, 0.2) is 14.8 Å². The van der Waals surface area contributed by atoms with E-state index in [1.54, 1.807) is 19.9 Å². The zero-order chi connectivity index (χ0) is 14.7. The number of carbonyl (C=O) groups is 2. The van der Waals surface area contributed by atoms with E-state index in [2.05, 4.69) is 15.5 Å². The summed E-state index contributed by atoms with van der Waals surface area (Å²) in [5.41, 5.74) is 0.442. The van der Waals surface area contributed by atoms with E-state index in [0.717, 1.165) is 23.1 Å². The van der Waals surface area contributed by atoms with Gasteiger partial charge in [-0.05, 0) is 19.9 Å². The van der Waals surface area contributed by atoms with Crippen LogP contribution in [-0.2, 0) is 4.79 Å². The smallest absolute Gasteiger partial charge is 0.313 e. The van der Waals surface area contributed by atoms with Crippen molar-refractivity contribution in [1.29, 1.82) is 0 Å². The number of carbonyl (C=O) groups excluding carboxylic acids is 1. The van der Waals surface area contributed by atoms with Gasteiger partial charge in [-0.2, -0.15) is 0 Å². The zero-order valence-corrected chi connectivity index (χ0v) is 12.3. The highest BCUT2D eigenvalue weighted by molar-refractivity contribution is 8.01. The molecule has 0 aromatic carbocycles. The maximum Gasteiger partial charge on any atom is 0.313 e. The molecular formula is C11H11N3O4S2. The minimum Gasteiger partial charge on any atom is -0.481 e. The van der Waals surface area contributed by atoms with E-state index in [4.69, 9.17) is 9.52 Å². The van der Waals surface area contributed by atoms with Crippen LogP contribution in [0.25, 0.3) is 0 Å². The van der Waals surface area contributed by atoms with Gasteiger partial charge in [0.1, 0.15) is 11.5 Å². The molecule has 0 saturated heterocycles. The topological polar surface area (TPSA) is 105 Å². The second-order valence-corrected chi connectivity index (χ2v) is 6.04. The first-order valence-corrected chi connectivity index (χ1v) is 7.32. The first-order valence-electron chi connectivity index (χ1n) is 5.52. The van der Waals surface area contributed by atoms with E-state index in [-0.39, 0.29) is 11.7 Å². The average Bonchev–Trinajstić information content (AvgIpc) is 2.93. The van der Waals surface area contributed by atoms with E-state index in [1.165, 1.54) is 0 Å². The lowest BCUT2D eigenvalue weighted by Gasteiger charge is -1.98. The lowest BCUT2D eigenvalue weighted by atomic mass is 10.2. The number of hydrogen-bond acceptors (Lipinski definition) is 7. The number of anilines is 1. The molecule has 0 atom stereocenters. The van der Waals surface area contributed by atoms with Crippen molar-refractivity contribution < 1.29 is 19.1 Å².